The summed E-state index contributed by atoms with van der Waals surface area (Å²) in [5.74, 6) is -0.638. The number of aldehydes is 1. The normalized spacial score (nSPS) is 14.0. The molecule has 1 aliphatic rings. The first-order valence-corrected chi connectivity index (χ1v) is 7.15. The van der Waals surface area contributed by atoms with Crippen LogP contribution in [-0.2, 0) is 14.4 Å². The second-order valence-corrected chi connectivity index (χ2v) is 5.17. The van der Waals surface area contributed by atoms with Gasteiger partial charge < -0.3 is 10.2 Å². The van der Waals surface area contributed by atoms with E-state index >= 15 is 0 Å². The molecule has 0 aromatic rings. The summed E-state index contributed by atoms with van der Waals surface area (Å²) in [6.45, 7) is 7.26. The largest absolute Gasteiger partial charge is 0.332 e. The zero-order valence-corrected chi connectivity index (χ0v) is 13.3. The summed E-state index contributed by atoms with van der Waals surface area (Å²) >= 11 is 0. The molecule has 0 unspecified atom stereocenters. The molecule has 0 aliphatic heterocycles. The van der Waals surface area contributed by atoms with Crippen LogP contribution in [0.5, 0.6) is 0 Å². The molecular weight excluding hydrogens is 280 g/mol. The molecule has 0 bridgehead atoms. The Morgan fingerprint density at radius 1 is 1.45 bits per heavy atom. The van der Waals surface area contributed by atoms with Gasteiger partial charge >= 0.3 is 0 Å². The molecule has 0 fully saturated rings. The smallest absolute Gasteiger partial charge is 0.254 e. The first-order valence-electron chi connectivity index (χ1n) is 7.15. The van der Waals surface area contributed by atoms with Crippen LogP contribution in [0.3, 0.4) is 0 Å². The lowest BCUT2D eigenvalue weighted by atomic mass is 9.99. The molecule has 5 heteroatoms. The number of likely N-dealkylation sites (N-methyl/N-ethyl adjacent to an activating group) is 1. The Labute approximate surface area is 131 Å². The number of nitrogens with one attached hydrogen (secondary N) is 1. The van der Waals surface area contributed by atoms with Crippen molar-refractivity contribution in [3.63, 3.8) is 0 Å². The third-order valence-corrected chi connectivity index (χ3v) is 3.36. The van der Waals surface area contributed by atoms with E-state index in [0.717, 1.165) is 0 Å². The van der Waals surface area contributed by atoms with Crippen molar-refractivity contribution in [2.45, 2.75) is 26.7 Å². The number of allylic oxidation sites excluding steroid dienone is 5. The minimum atomic E-state index is -0.336. The van der Waals surface area contributed by atoms with Crippen LogP contribution >= 0.6 is 0 Å². The minimum absolute atomic E-state index is 0.0891. The van der Waals surface area contributed by atoms with Gasteiger partial charge in [0.25, 0.3) is 5.91 Å². The molecule has 22 heavy (non-hydrogen) atoms. The molecule has 1 aliphatic carbocycles. The molecule has 5 nitrogen and oxygen atoms in total. The molecule has 0 radical (unpaired) electrons. The lowest BCUT2D eigenvalue weighted by molar-refractivity contribution is -0.131. The lowest BCUT2D eigenvalue weighted by Gasteiger charge is -2.20. The Bertz CT molecular complexity index is 583. The molecule has 0 saturated heterocycles. The highest BCUT2D eigenvalue weighted by Crippen LogP contribution is 2.21. The van der Waals surface area contributed by atoms with Gasteiger partial charge in [-0.25, -0.2) is 0 Å². The highest BCUT2D eigenvalue weighted by atomic mass is 16.2. The van der Waals surface area contributed by atoms with Crippen LogP contribution in [-0.4, -0.2) is 36.6 Å². The predicted octanol–water partition coefficient (Wildman–Crippen LogP) is 1.89. The Hall–Kier alpha value is -2.43. The monoisotopic (exact) mass is 302 g/mol. The van der Waals surface area contributed by atoms with E-state index in [0.29, 0.717) is 41.5 Å². The molecule has 0 aromatic carbocycles. The summed E-state index contributed by atoms with van der Waals surface area (Å²) in [7, 11) is 1.54. The average molecular weight is 302 g/mol. The van der Waals surface area contributed by atoms with Gasteiger partial charge in [0.15, 0.2) is 0 Å². The molecule has 0 aromatic heterocycles. The molecular formula is C17H22N2O3. The van der Waals surface area contributed by atoms with Crippen LogP contribution < -0.4 is 5.32 Å². The van der Waals surface area contributed by atoms with Crippen molar-refractivity contribution in [2.24, 2.45) is 0 Å². The van der Waals surface area contributed by atoms with Gasteiger partial charge in [-0.3, -0.25) is 14.4 Å². The maximum atomic E-state index is 12.6. The van der Waals surface area contributed by atoms with Crippen LogP contribution in [0.15, 0.2) is 47.2 Å². The Morgan fingerprint density at radius 3 is 2.73 bits per heavy atom. The fraction of sp³-hybridized carbons (Fsp3) is 0.353. The van der Waals surface area contributed by atoms with Crippen molar-refractivity contribution in [3.8, 4) is 0 Å². The summed E-state index contributed by atoms with van der Waals surface area (Å²) in [6.07, 6.45) is 7.18. The summed E-state index contributed by atoms with van der Waals surface area (Å²) in [5, 5.41) is 2.63. The summed E-state index contributed by atoms with van der Waals surface area (Å²) in [4.78, 5) is 36.9. The van der Waals surface area contributed by atoms with E-state index < -0.39 is 0 Å². The molecule has 0 atom stereocenters. The van der Waals surface area contributed by atoms with Crippen LogP contribution in [0.4, 0.5) is 0 Å². The number of hydrogen-bond donors (Lipinski definition) is 1. The molecule has 1 rings (SSSR count). The summed E-state index contributed by atoms with van der Waals surface area (Å²) in [6, 6.07) is 0. The van der Waals surface area contributed by atoms with Gasteiger partial charge in [0, 0.05) is 23.9 Å². The van der Waals surface area contributed by atoms with Gasteiger partial charge in [-0.05, 0) is 25.3 Å². The van der Waals surface area contributed by atoms with Crippen LogP contribution in [0, 0.1) is 0 Å². The number of carbonyl (C=O) groups is 3. The maximum absolute atomic E-state index is 12.6. The average Bonchev–Trinajstić information content (AvgIpc) is 2.67. The number of carbonyl (C=O) groups excluding carboxylic acids is 3. The third-order valence-electron chi connectivity index (χ3n) is 3.36. The highest BCUT2D eigenvalue weighted by Gasteiger charge is 2.22. The first kappa shape index (κ1) is 17.6. The second kappa shape index (κ2) is 8.12. The Balaban J connectivity index is 2.89. The van der Waals surface area contributed by atoms with Crippen LogP contribution in [0.1, 0.15) is 26.7 Å². The van der Waals surface area contributed by atoms with Crippen molar-refractivity contribution in [3.05, 3.63) is 47.2 Å². The van der Waals surface area contributed by atoms with Gasteiger partial charge in [0.05, 0.1) is 6.54 Å². The third kappa shape index (κ3) is 4.55. The first-order chi connectivity index (χ1) is 10.4. The van der Waals surface area contributed by atoms with E-state index in [-0.39, 0.29) is 18.4 Å². The van der Waals surface area contributed by atoms with Crippen molar-refractivity contribution in [2.75, 3.05) is 13.6 Å². The highest BCUT2D eigenvalue weighted by molar-refractivity contribution is 6.04. The topological polar surface area (TPSA) is 66.5 Å². The van der Waals surface area contributed by atoms with Gasteiger partial charge in [-0.1, -0.05) is 31.7 Å². The Kier molecular flexibility index (Phi) is 6.50. The molecule has 118 valence electrons. The van der Waals surface area contributed by atoms with Gasteiger partial charge in [-0.15, -0.1) is 0 Å². The molecule has 1 N–H and O–H groups in total. The molecule has 0 heterocycles. The zero-order chi connectivity index (χ0) is 16.7. The van der Waals surface area contributed by atoms with Gasteiger partial charge in [0.2, 0.25) is 5.91 Å². The maximum Gasteiger partial charge on any atom is 0.254 e. The Morgan fingerprint density at radius 2 is 2.14 bits per heavy atom. The molecule has 0 spiro atoms. The molecule has 0 saturated carbocycles. The number of hydrogen-bond acceptors (Lipinski definition) is 3. The summed E-state index contributed by atoms with van der Waals surface area (Å²) < 4.78 is 0. The minimum Gasteiger partial charge on any atom is -0.332 e. The fourth-order valence-corrected chi connectivity index (χ4v) is 2.06. The quantitative estimate of drug-likeness (QED) is 0.762. The van der Waals surface area contributed by atoms with E-state index in [4.69, 9.17) is 0 Å². The van der Waals surface area contributed by atoms with E-state index in [1.807, 2.05) is 19.1 Å². The van der Waals surface area contributed by atoms with Crippen molar-refractivity contribution >= 4 is 18.1 Å². The van der Waals surface area contributed by atoms with Gasteiger partial charge in [-0.2, -0.15) is 0 Å². The van der Waals surface area contributed by atoms with Crippen LogP contribution in [0.25, 0.3) is 0 Å². The SMILES string of the molecule is C=C(CC)NC(=O)CN(C)C(=O)C1=C(C=O)CC=CC=C1C. The van der Waals surface area contributed by atoms with E-state index in [1.165, 1.54) is 11.9 Å². The number of amides is 2. The molecule has 2 amide bonds. The predicted molar refractivity (Wildman–Crippen MR) is 85.8 cm³/mol. The van der Waals surface area contributed by atoms with Gasteiger partial charge in [0.1, 0.15) is 6.29 Å². The number of nitrogens with zero attached hydrogens (tertiary/aromatic N) is 1. The number of rotatable bonds is 6. The van der Waals surface area contributed by atoms with Crippen molar-refractivity contribution < 1.29 is 14.4 Å². The van der Waals surface area contributed by atoms with Crippen LogP contribution in [0.2, 0.25) is 0 Å². The lowest BCUT2D eigenvalue weighted by Crippen LogP contribution is -2.39. The van der Waals surface area contributed by atoms with Crippen molar-refractivity contribution in [1.29, 1.82) is 0 Å². The van der Waals surface area contributed by atoms with Crippen molar-refractivity contribution in [1.82, 2.24) is 10.2 Å². The van der Waals surface area contributed by atoms with E-state index in [9.17, 15) is 14.4 Å². The summed E-state index contributed by atoms with van der Waals surface area (Å²) in [5.41, 5.74) is 2.11. The van der Waals surface area contributed by atoms with E-state index in [1.54, 1.807) is 13.0 Å². The van der Waals surface area contributed by atoms with E-state index in [2.05, 4.69) is 11.9 Å². The second-order valence-electron chi connectivity index (χ2n) is 5.17. The fourth-order valence-electron chi connectivity index (χ4n) is 2.06. The standard InChI is InChI=1S/C17H22N2O3/c1-5-13(3)18-15(21)10-19(4)17(22)16-12(2)8-6-7-9-14(16)11-20/h6-8,11H,3,5,9-10H2,1-2,4H3,(H,18,21). The zero-order valence-electron chi connectivity index (χ0n) is 13.3.